The molecule has 0 saturated heterocycles. The molecule has 2 N–H and O–H groups in total. The number of halogens is 1. The van der Waals surface area contributed by atoms with Gasteiger partial charge in [-0.2, -0.15) is 5.10 Å². The van der Waals surface area contributed by atoms with E-state index in [9.17, 15) is 9.18 Å². The number of nitrogens with zero attached hydrogens (tertiary/aromatic N) is 2. The number of hydrogen-bond acceptors (Lipinski definition) is 4. The van der Waals surface area contributed by atoms with Crippen molar-refractivity contribution in [3.05, 3.63) is 41.7 Å². The van der Waals surface area contributed by atoms with Crippen LogP contribution in [0, 0.1) is 5.82 Å². The van der Waals surface area contributed by atoms with Crippen LogP contribution in [0.2, 0.25) is 0 Å². The van der Waals surface area contributed by atoms with Crippen molar-refractivity contribution in [2.75, 3.05) is 7.11 Å². The van der Waals surface area contributed by atoms with Gasteiger partial charge in [-0.1, -0.05) is 0 Å². The fourth-order valence-corrected chi connectivity index (χ4v) is 1.57. The van der Waals surface area contributed by atoms with Gasteiger partial charge in [0, 0.05) is 6.07 Å². The first-order valence-corrected chi connectivity index (χ1v) is 5.61. The standard InChI is InChI=1S/C12H13FN4O2/c1-7(11-14-6-15-17-11)16-12(18)9-4-3-8(19-2)5-10(9)13/h3-7H,1-2H3,(H,16,18)(H,14,15,17). The van der Waals surface area contributed by atoms with Crippen molar-refractivity contribution in [2.24, 2.45) is 0 Å². The smallest absolute Gasteiger partial charge is 0.254 e. The summed E-state index contributed by atoms with van der Waals surface area (Å²) in [7, 11) is 1.43. The summed E-state index contributed by atoms with van der Waals surface area (Å²) in [6, 6.07) is 3.67. The molecule has 19 heavy (non-hydrogen) atoms. The first kappa shape index (κ1) is 13.0. The highest BCUT2D eigenvalue weighted by molar-refractivity contribution is 5.94. The van der Waals surface area contributed by atoms with Gasteiger partial charge >= 0.3 is 0 Å². The second kappa shape index (κ2) is 5.47. The highest BCUT2D eigenvalue weighted by atomic mass is 19.1. The molecule has 0 aliphatic heterocycles. The lowest BCUT2D eigenvalue weighted by Crippen LogP contribution is -2.28. The molecule has 1 heterocycles. The van der Waals surface area contributed by atoms with E-state index in [2.05, 4.69) is 20.5 Å². The maximum Gasteiger partial charge on any atom is 0.254 e. The lowest BCUT2D eigenvalue weighted by Gasteiger charge is -2.11. The van der Waals surface area contributed by atoms with E-state index in [0.29, 0.717) is 11.6 Å². The van der Waals surface area contributed by atoms with Crippen LogP contribution in [0.4, 0.5) is 4.39 Å². The van der Waals surface area contributed by atoms with Gasteiger partial charge < -0.3 is 10.1 Å². The Morgan fingerprint density at radius 1 is 1.53 bits per heavy atom. The van der Waals surface area contributed by atoms with Gasteiger partial charge in [0.1, 0.15) is 23.7 Å². The molecule has 0 radical (unpaired) electrons. The van der Waals surface area contributed by atoms with Crippen LogP contribution in [0.25, 0.3) is 0 Å². The summed E-state index contributed by atoms with van der Waals surface area (Å²) in [5.74, 6) is -0.301. The van der Waals surface area contributed by atoms with Crippen molar-refractivity contribution >= 4 is 5.91 Å². The molecule has 100 valence electrons. The Bertz CT molecular complexity index is 571. The maximum absolute atomic E-state index is 13.7. The highest BCUT2D eigenvalue weighted by Crippen LogP contribution is 2.17. The summed E-state index contributed by atoms with van der Waals surface area (Å²) in [5.41, 5.74) is -0.0489. The summed E-state index contributed by atoms with van der Waals surface area (Å²) in [6.45, 7) is 1.72. The molecule has 6 nitrogen and oxygen atoms in total. The number of carbonyl (C=O) groups excluding carboxylic acids is 1. The van der Waals surface area contributed by atoms with Crippen molar-refractivity contribution < 1.29 is 13.9 Å². The Kier molecular flexibility index (Phi) is 3.74. The number of H-pyrrole nitrogens is 1. The predicted octanol–water partition coefficient (Wildman–Crippen LogP) is 1.44. The fraction of sp³-hybridized carbons (Fsp3) is 0.250. The molecule has 0 spiro atoms. The van der Waals surface area contributed by atoms with Crippen LogP contribution in [0.15, 0.2) is 24.5 Å². The van der Waals surface area contributed by atoms with E-state index in [1.165, 1.54) is 25.6 Å². The Hall–Kier alpha value is -2.44. The van der Waals surface area contributed by atoms with E-state index in [1.807, 2.05) is 0 Å². The zero-order chi connectivity index (χ0) is 13.8. The van der Waals surface area contributed by atoms with E-state index in [0.717, 1.165) is 6.07 Å². The summed E-state index contributed by atoms with van der Waals surface area (Å²) >= 11 is 0. The third kappa shape index (κ3) is 2.87. The largest absolute Gasteiger partial charge is 0.497 e. The molecule has 7 heteroatoms. The molecular formula is C12H13FN4O2. The zero-order valence-electron chi connectivity index (χ0n) is 10.5. The van der Waals surface area contributed by atoms with Gasteiger partial charge in [-0.25, -0.2) is 9.37 Å². The number of amides is 1. The Balaban J connectivity index is 2.12. The normalized spacial score (nSPS) is 11.9. The first-order valence-electron chi connectivity index (χ1n) is 5.61. The number of carbonyl (C=O) groups is 1. The molecule has 1 atom stereocenters. The number of benzene rings is 1. The van der Waals surface area contributed by atoms with E-state index in [1.54, 1.807) is 6.92 Å². The van der Waals surface area contributed by atoms with Gasteiger partial charge in [0.2, 0.25) is 0 Å². The number of ether oxygens (including phenoxy) is 1. The van der Waals surface area contributed by atoms with Crippen LogP contribution in [-0.4, -0.2) is 28.2 Å². The fourth-order valence-electron chi connectivity index (χ4n) is 1.57. The van der Waals surface area contributed by atoms with E-state index >= 15 is 0 Å². The first-order chi connectivity index (χ1) is 9.11. The van der Waals surface area contributed by atoms with Gasteiger partial charge in [-0.3, -0.25) is 9.89 Å². The second-order valence-electron chi connectivity index (χ2n) is 3.91. The molecule has 1 aromatic heterocycles. The maximum atomic E-state index is 13.7. The SMILES string of the molecule is COc1ccc(C(=O)NC(C)c2ncn[nH]2)c(F)c1. The van der Waals surface area contributed by atoms with Crippen LogP contribution < -0.4 is 10.1 Å². The van der Waals surface area contributed by atoms with E-state index in [-0.39, 0.29) is 5.56 Å². The summed E-state index contributed by atoms with van der Waals surface area (Å²) in [4.78, 5) is 15.8. The number of aromatic amines is 1. The average Bonchev–Trinajstić information content (AvgIpc) is 2.92. The Morgan fingerprint density at radius 2 is 2.32 bits per heavy atom. The number of hydrogen-bond donors (Lipinski definition) is 2. The van der Waals surface area contributed by atoms with E-state index < -0.39 is 17.8 Å². The molecule has 1 amide bonds. The molecule has 1 unspecified atom stereocenters. The van der Waals surface area contributed by atoms with Crippen LogP contribution >= 0.6 is 0 Å². The topological polar surface area (TPSA) is 79.9 Å². The molecule has 0 fully saturated rings. The highest BCUT2D eigenvalue weighted by Gasteiger charge is 2.17. The molecular weight excluding hydrogens is 251 g/mol. The van der Waals surface area contributed by atoms with Crippen LogP contribution in [0.1, 0.15) is 29.1 Å². The van der Waals surface area contributed by atoms with Crippen LogP contribution in [0.5, 0.6) is 5.75 Å². The van der Waals surface area contributed by atoms with Crippen LogP contribution in [-0.2, 0) is 0 Å². The summed E-state index contributed by atoms with van der Waals surface area (Å²) in [6.07, 6.45) is 1.34. The molecule has 0 bridgehead atoms. The van der Waals surface area contributed by atoms with Crippen molar-refractivity contribution in [2.45, 2.75) is 13.0 Å². The lowest BCUT2D eigenvalue weighted by atomic mass is 10.1. The third-order valence-corrected chi connectivity index (χ3v) is 2.61. The van der Waals surface area contributed by atoms with Gasteiger partial charge in [0.15, 0.2) is 0 Å². The minimum atomic E-state index is -0.637. The monoisotopic (exact) mass is 264 g/mol. The lowest BCUT2D eigenvalue weighted by molar-refractivity contribution is 0.0934. The predicted molar refractivity (Wildman–Crippen MR) is 65.2 cm³/mol. The van der Waals surface area contributed by atoms with Crippen molar-refractivity contribution in [3.8, 4) is 5.75 Å². The molecule has 0 aliphatic carbocycles. The minimum absolute atomic E-state index is 0.0489. The molecule has 2 rings (SSSR count). The minimum Gasteiger partial charge on any atom is -0.497 e. The number of aromatic nitrogens is 3. The van der Waals surface area contributed by atoms with Gasteiger partial charge in [0.05, 0.1) is 18.7 Å². The van der Waals surface area contributed by atoms with Crippen molar-refractivity contribution in [3.63, 3.8) is 0 Å². The van der Waals surface area contributed by atoms with Gasteiger partial charge in [-0.15, -0.1) is 0 Å². The summed E-state index contributed by atoms with van der Waals surface area (Å²) in [5, 5.41) is 8.95. The number of rotatable bonds is 4. The summed E-state index contributed by atoms with van der Waals surface area (Å²) < 4.78 is 18.6. The van der Waals surface area contributed by atoms with Gasteiger partial charge in [0.25, 0.3) is 5.91 Å². The molecule has 0 saturated carbocycles. The molecule has 0 aliphatic rings. The number of nitrogens with one attached hydrogen (secondary N) is 2. The van der Waals surface area contributed by atoms with Gasteiger partial charge in [-0.05, 0) is 19.1 Å². The van der Waals surface area contributed by atoms with Crippen LogP contribution in [0.3, 0.4) is 0 Å². The molecule has 2 aromatic rings. The third-order valence-electron chi connectivity index (χ3n) is 2.61. The number of methoxy groups -OCH3 is 1. The average molecular weight is 264 g/mol. The second-order valence-corrected chi connectivity index (χ2v) is 3.91. The van der Waals surface area contributed by atoms with Crippen molar-refractivity contribution in [1.29, 1.82) is 0 Å². The Labute approximate surface area is 109 Å². The van der Waals surface area contributed by atoms with E-state index in [4.69, 9.17) is 4.74 Å². The Morgan fingerprint density at radius 3 is 2.89 bits per heavy atom. The molecule has 1 aromatic carbocycles. The zero-order valence-corrected chi connectivity index (χ0v) is 10.5. The van der Waals surface area contributed by atoms with Crippen molar-refractivity contribution in [1.82, 2.24) is 20.5 Å². The quantitative estimate of drug-likeness (QED) is 0.875.